The summed E-state index contributed by atoms with van der Waals surface area (Å²) in [5.41, 5.74) is 0. The van der Waals surface area contributed by atoms with Crippen LogP contribution in [-0.4, -0.2) is 61.8 Å². The molecule has 2 fully saturated rings. The molecule has 2 rings (SSSR count). The molecular formula is C10H20N2OS. The first kappa shape index (κ1) is 10.7. The predicted octanol–water partition coefficient (Wildman–Crippen LogP) is 0.414. The Kier molecular flexibility index (Phi) is 4.57. The second-order valence-electron chi connectivity index (χ2n) is 3.99. The van der Waals surface area contributed by atoms with Gasteiger partial charge in [-0.15, -0.1) is 0 Å². The average molecular weight is 216 g/mol. The van der Waals surface area contributed by atoms with Crippen molar-refractivity contribution in [1.29, 1.82) is 0 Å². The lowest BCUT2D eigenvalue weighted by Crippen LogP contribution is -2.46. The zero-order valence-electron chi connectivity index (χ0n) is 8.71. The molecule has 14 heavy (non-hydrogen) atoms. The number of nitrogens with one attached hydrogen (secondary N) is 1. The highest BCUT2D eigenvalue weighted by molar-refractivity contribution is 7.99. The Bertz CT molecular complexity index is 154. The topological polar surface area (TPSA) is 24.5 Å². The van der Waals surface area contributed by atoms with Crippen molar-refractivity contribution in [2.45, 2.75) is 12.5 Å². The van der Waals surface area contributed by atoms with E-state index in [1.807, 2.05) is 0 Å². The molecule has 0 aromatic rings. The molecule has 2 aliphatic rings. The van der Waals surface area contributed by atoms with Gasteiger partial charge in [0.1, 0.15) is 0 Å². The minimum Gasteiger partial charge on any atom is -0.379 e. The number of nitrogens with zero attached hydrogens (tertiary/aromatic N) is 1. The first-order chi connectivity index (χ1) is 6.95. The van der Waals surface area contributed by atoms with Crippen molar-refractivity contribution in [1.82, 2.24) is 10.2 Å². The molecule has 1 atom stereocenters. The van der Waals surface area contributed by atoms with Gasteiger partial charge in [0.05, 0.1) is 13.2 Å². The van der Waals surface area contributed by atoms with E-state index >= 15 is 0 Å². The van der Waals surface area contributed by atoms with E-state index in [0.29, 0.717) is 6.04 Å². The third-order valence-corrected chi connectivity index (χ3v) is 4.02. The summed E-state index contributed by atoms with van der Waals surface area (Å²) in [4.78, 5) is 2.52. The van der Waals surface area contributed by atoms with Crippen molar-refractivity contribution in [2.24, 2.45) is 0 Å². The first-order valence-corrected chi connectivity index (χ1v) is 6.72. The van der Waals surface area contributed by atoms with Crippen molar-refractivity contribution in [3.8, 4) is 0 Å². The highest BCUT2D eigenvalue weighted by atomic mass is 32.2. The fourth-order valence-electron chi connectivity index (χ4n) is 1.98. The molecule has 0 amide bonds. The van der Waals surface area contributed by atoms with E-state index in [1.165, 1.54) is 31.0 Å². The van der Waals surface area contributed by atoms with E-state index in [4.69, 9.17) is 4.74 Å². The van der Waals surface area contributed by atoms with Gasteiger partial charge in [0.15, 0.2) is 0 Å². The maximum absolute atomic E-state index is 5.35. The van der Waals surface area contributed by atoms with E-state index in [0.717, 1.165) is 26.3 Å². The van der Waals surface area contributed by atoms with Gasteiger partial charge in [0.2, 0.25) is 0 Å². The summed E-state index contributed by atoms with van der Waals surface area (Å²) in [5, 5.41) is 3.63. The summed E-state index contributed by atoms with van der Waals surface area (Å²) in [6.07, 6.45) is 1.32. The Morgan fingerprint density at radius 1 is 1.36 bits per heavy atom. The molecule has 0 radical (unpaired) electrons. The molecule has 4 heteroatoms. The minimum absolute atomic E-state index is 0.695. The minimum atomic E-state index is 0.695. The zero-order valence-corrected chi connectivity index (χ0v) is 9.52. The van der Waals surface area contributed by atoms with Gasteiger partial charge in [-0.3, -0.25) is 4.90 Å². The standard InChI is InChI=1S/C10H20N2OS/c1-2-11-10(9-14-7-1)8-12-3-5-13-6-4-12/h10-11H,1-9H2/t10-/m1/s1. The average Bonchev–Trinajstić information content (AvgIpc) is 2.48. The smallest absolute Gasteiger partial charge is 0.0594 e. The van der Waals surface area contributed by atoms with Gasteiger partial charge in [0, 0.05) is 31.4 Å². The fraction of sp³-hybridized carbons (Fsp3) is 1.00. The molecule has 0 bridgehead atoms. The normalized spacial score (nSPS) is 31.3. The molecule has 2 aliphatic heterocycles. The predicted molar refractivity (Wildman–Crippen MR) is 61.0 cm³/mol. The van der Waals surface area contributed by atoms with Gasteiger partial charge in [-0.05, 0) is 18.7 Å². The SMILES string of the molecule is C1CN[C@H](CN2CCOCC2)CSC1. The molecule has 0 unspecified atom stereocenters. The zero-order chi connectivity index (χ0) is 9.64. The number of hydrogen-bond donors (Lipinski definition) is 1. The van der Waals surface area contributed by atoms with Crippen LogP contribution in [0.1, 0.15) is 6.42 Å². The summed E-state index contributed by atoms with van der Waals surface area (Å²) in [6, 6.07) is 0.695. The van der Waals surface area contributed by atoms with Gasteiger partial charge in [-0.1, -0.05) is 0 Å². The second-order valence-corrected chi connectivity index (χ2v) is 5.14. The maximum atomic E-state index is 5.35. The van der Waals surface area contributed by atoms with E-state index in [1.54, 1.807) is 0 Å². The molecule has 0 spiro atoms. The Labute approximate surface area is 90.6 Å². The van der Waals surface area contributed by atoms with Crippen LogP contribution in [-0.2, 0) is 4.74 Å². The van der Waals surface area contributed by atoms with E-state index < -0.39 is 0 Å². The van der Waals surface area contributed by atoms with Crippen LogP contribution < -0.4 is 5.32 Å². The third kappa shape index (κ3) is 3.42. The summed E-state index contributed by atoms with van der Waals surface area (Å²) in [6.45, 7) is 6.46. The van der Waals surface area contributed by atoms with Crippen molar-refractivity contribution >= 4 is 11.8 Å². The van der Waals surface area contributed by atoms with Crippen LogP contribution in [0.4, 0.5) is 0 Å². The lowest BCUT2D eigenvalue weighted by atomic mass is 10.2. The van der Waals surface area contributed by atoms with Gasteiger partial charge >= 0.3 is 0 Å². The van der Waals surface area contributed by atoms with Crippen molar-refractivity contribution in [3.63, 3.8) is 0 Å². The summed E-state index contributed by atoms with van der Waals surface area (Å²) in [5.74, 6) is 2.60. The molecule has 0 aromatic heterocycles. The molecule has 0 aromatic carbocycles. The van der Waals surface area contributed by atoms with Gasteiger partial charge in [-0.25, -0.2) is 0 Å². The van der Waals surface area contributed by atoms with Crippen LogP contribution in [0.2, 0.25) is 0 Å². The molecule has 1 N–H and O–H groups in total. The van der Waals surface area contributed by atoms with Crippen LogP contribution >= 0.6 is 11.8 Å². The Balaban J connectivity index is 1.71. The van der Waals surface area contributed by atoms with Crippen LogP contribution in [0.5, 0.6) is 0 Å². The fourth-order valence-corrected chi connectivity index (χ4v) is 3.00. The number of ether oxygens (including phenoxy) is 1. The molecule has 0 saturated carbocycles. The summed E-state index contributed by atoms with van der Waals surface area (Å²) in [7, 11) is 0. The van der Waals surface area contributed by atoms with E-state index in [9.17, 15) is 0 Å². The van der Waals surface area contributed by atoms with Crippen molar-refractivity contribution in [3.05, 3.63) is 0 Å². The Morgan fingerprint density at radius 3 is 3.07 bits per heavy atom. The molecular weight excluding hydrogens is 196 g/mol. The second kappa shape index (κ2) is 5.95. The highest BCUT2D eigenvalue weighted by Gasteiger charge is 2.17. The largest absolute Gasteiger partial charge is 0.379 e. The number of thioether (sulfide) groups is 1. The molecule has 2 heterocycles. The molecule has 3 nitrogen and oxygen atoms in total. The summed E-state index contributed by atoms with van der Waals surface area (Å²) < 4.78 is 5.35. The van der Waals surface area contributed by atoms with Crippen LogP contribution in [0, 0.1) is 0 Å². The van der Waals surface area contributed by atoms with E-state index in [-0.39, 0.29) is 0 Å². The number of hydrogen-bond acceptors (Lipinski definition) is 4. The Hall–Kier alpha value is 0.230. The lowest BCUT2D eigenvalue weighted by Gasteiger charge is -2.30. The van der Waals surface area contributed by atoms with Gasteiger partial charge in [0.25, 0.3) is 0 Å². The molecule has 0 aliphatic carbocycles. The molecule has 82 valence electrons. The quantitative estimate of drug-likeness (QED) is 0.723. The Morgan fingerprint density at radius 2 is 2.21 bits per heavy atom. The highest BCUT2D eigenvalue weighted by Crippen LogP contribution is 2.10. The lowest BCUT2D eigenvalue weighted by molar-refractivity contribution is 0.0347. The third-order valence-electron chi connectivity index (χ3n) is 2.80. The van der Waals surface area contributed by atoms with Crippen LogP contribution in [0.3, 0.4) is 0 Å². The number of rotatable bonds is 2. The monoisotopic (exact) mass is 216 g/mol. The molecule has 2 saturated heterocycles. The van der Waals surface area contributed by atoms with Crippen molar-refractivity contribution in [2.75, 3.05) is 50.9 Å². The van der Waals surface area contributed by atoms with Gasteiger partial charge < -0.3 is 10.1 Å². The first-order valence-electron chi connectivity index (χ1n) is 5.56. The summed E-state index contributed by atoms with van der Waals surface area (Å²) >= 11 is 2.09. The van der Waals surface area contributed by atoms with Crippen LogP contribution in [0.25, 0.3) is 0 Å². The van der Waals surface area contributed by atoms with Crippen LogP contribution in [0.15, 0.2) is 0 Å². The van der Waals surface area contributed by atoms with E-state index in [2.05, 4.69) is 22.0 Å². The van der Waals surface area contributed by atoms with Crippen molar-refractivity contribution < 1.29 is 4.74 Å². The number of morpholine rings is 1. The van der Waals surface area contributed by atoms with Gasteiger partial charge in [-0.2, -0.15) is 11.8 Å². The maximum Gasteiger partial charge on any atom is 0.0594 e.